The second kappa shape index (κ2) is 3.90. The first-order valence-electron chi connectivity index (χ1n) is 5.37. The number of aromatic hydroxyl groups is 1. The maximum Gasteiger partial charge on any atom is 0.416 e. The first kappa shape index (κ1) is 12.7. The first-order valence-corrected chi connectivity index (χ1v) is 5.37. The molecule has 2 N–H and O–H groups in total. The summed E-state index contributed by atoms with van der Waals surface area (Å²) in [5, 5.41) is 18.4. The third-order valence-corrected chi connectivity index (χ3v) is 3.24. The van der Waals surface area contributed by atoms with E-state index in [-0.39, 0.29) is 12.0 Å². The number of carboxylic acid groups (broad SMARTS) is 1. The molecular weight excluding hydrogens is 249 g/mol. The minimum Gasteiger partial charge on any atom is -0.508 e. The van der Waals surface area contributed by atoms with Gasteiger partial charge in [0, 0.05) is 11.0 Å². The van der Waals surface area contributed by atoms with Crippen molar-refractivity contribution in [2.45, 2.75) is 30.9 Å². The second-order valence-electron chi connectivity index (χ2n) is 4.58. The lowest BCUT2D eigenvalue weighted by molar-refractivity contribution is -0.138. The van der Waals surface area contributed by atoms with Crippen LogP contribution >= 0.6 is 0 Å². The summed E-state index contributed by atoms with van der Waals surface area (Å²) in [6.07, 6.45) is -3.55. The Morgan fingerprint density at radius 1 is 1.33 bits per heavy atom. The van der Waals surface area contributed by atoms with Crippen molar-refractivity contribution in [2.75, 3.05) is 0 Å². The Kier molecular flexibility index (Phi) is 2.76. The van der Waals surface area contributed by atoms with E-state index >= 15 is 0 Å². The van der Waals surface area contributed by atoms with Crippen LogP contribution in [-0.2, 0) is 16.4 Å². The molecule has 0 saturated heterocycles. The van der Waals surface area contributed by atoms with Gasteiger partial charge in [0.05, 0.1) is 12.0 Å². The van der Waals surface area contributed by atoms with Gasteiger partial charge in [-0.3, -0.25) is 4.79 Å². The summed E-state index contributed by atoms with van der Waals surface area (Å²) in [7, 11) is 0. The zero-order valence-electron chi connectivity index (χ0n) is 9.29. The van der Waals surface area contributed by atoms with Crippen LogP contribution in [0.5, 0.6) is 5.75 Å². The van der Waals surface area contributed by atoms with E-state index in [1.807, 2.05) is 0 Å². The molecule has 98 valence electrons. The molecule has 0 radical (unpaired) electrons. The topological polar surface area (TPSA) is 57.5 Å². The summed E-state index contributed by atoms with van der Waals surface area (Å²) in [5.74, 6) is -1.50. The van der Waals surface area contributed by atoms with E-state index in [1.54, 1.807) is 0 Å². The van der Waals surface area contributed by atoms with E-state index in [9.17, 15) is 23.1 Å². The van der Waals surface area contributed by atoms with E-state index < -0.39 is 28.9 Å². The molecule has 3 nitrogen and oxygen atoms in total. The molecule has 0 spiro atoms. The highest BCUT2D eigenvalue weighted by Crippen LogP contribution is 2.54. The maximum atomic E-state index is 12.4. The largest absolute Gasteiger partial charge is 0.508 e. The number of phenols is 1. The summed E-state index contributed by atoms with van der Waals surface area (Å²) in [6, 6.07) is 2.70. The van der Waals surface area contributed by atoms with E-state index in [1.165, 1.54) is 6.07 Å². The Hall–Kier alpha value is -1.72. The number of hydrogen-bond acceptors (Lipinski definition) is 2. The van der Waals surface area contributed by atoms with Gasteiger partial charge in [-0.1, -0.05) is 6.07 Å². The molecule has 1 saturated carbocycles. The van der Waals surface area contributed by atoms with E-state index in [2.05, 4.69) is 0 Å². The van der Waals surface area contributed by atoms with Crippen LogP contribution in [0.2, 0.25) is 0 Å². The molecule has 0 atom stereocenters. The van der Waals surface area contributed by atoms with Crippen LogP contribution in [0.1, 0.15) is 30.4 Å². The van der Waals surface area contributed by atoms with Crippen molar-refractivity contribution in [3.05, 3.63) is 29.3 Å². The van der Waals surface area contributed by atoms with Gasteiger partial charge in [-0.15, -0.1) is 0 Å². The zero-order chi connectivity index (χ0) is 13.6. The smallest absolute Gasteiger partial charge is 0.416 e. The second-order valence-corrected chi connectivity index (χ2v) is 4.58. The summed E-state index contributed by atoms with van der Waals surface area (Å²) in [4.78, 5) is 10.7. The van der Waals surface area contributed by atoms with Gasteiger partial charge in [-0.2, -0.15) is 13.2 Å². The monoisotopic (exact) mass is 260 g/mol. The zero-order valence-corrected chi connectivity index (χ0v) is 9.29. The molecule has 1 aromatic rings. The highest BCUT2D eigenvalue weighted by molar-refractivity contribution is 5.70. The van der Waals surface area contributed by atoms with E-state index in [0.29, 0.717) is 18.9 Å². The van der Waals surface area contributed by atoms with Crippen LogP contribution in [-0.4, -0.2) is 16.2 Å². The Labute approximate surface area is 101 Å². The highest BCUT2D eigenvalue weighted by Gasteiger charge is 2.48. The Bertz CT molecular complexity index is 490. The van der Waals surface area contributed by atoms with Gasteiger partial charge in [-0.25, -0.2) is 0 Å². The SMILES string of the molecule is O=C(O)CC1(c2ccc(C(F)(F)F)cc2O)CC1. The van der Waals surface area contributed by atoms with Gasteiger partial charge in [0.15, 0.2) is 0 Å². The molecule has 0 amide bonds. The van der Waals surface area contributed by atoms with Crippen molar-refractivity contribution in [1.82, 2.24) is 0 Å². The van der Waals surface area contributed by atoms with E-state index in [0.717, 1.165) is 6.07 Å². The predicted molar refractivity (Wildman–Crippen MR) is 56.3 cm³/mol. The number of alkyl halides is 3. The minimum atomic E-state index is -4.51. The highest BCUT2D eigenvalue weighted by atomic mass is 19.4. The lowest BCUT2D eigenvalue weighted by atomic mass is 9.91. The number of halogens is 3. The minimum absolute atomic E-state index is 0.175. The molecule has 0 unspecified atom stereocenters. The van der Waals surface area contributed by atoms with Gasteiger partial charge in [0.25, 0.3) is 0 Å². The van der Waals surface area contributed by atoms with Crippen molar-refractivity contribution in [3.8, 4) is 5.75 Å². The lowest BCUT2D eigenvalue weighted by Gasteiger charge is -2.16. The fraction of sp³-hybridized carbons (Fsp3) is 0.417. The summed E-state index contributed by atoms with van der Waals surface area (Å²) < 4.78 is 37.2. The lowest BCUT2D eigenvalue weighted by Crippen LogP contribution is -2.14. The Morgan fingerprint density at radius 3 is 2.33 bits per heavy atom. The average Bonchev–Trinajstić information content (AvgIpc) is 2.95. The fourth-order valence-electron chi connectivity index (χ4n) is 2.14. The molecule has 1 fully saturated rings. The van der Waals surface area contributed by atoms with Crippen molar-refractivity contribution >= 4 is 5.97 Å². The Morgan fingerprint density at radius 2 is 1.94 bits per heavy atom. The van der Waals surface area contributed by atoms with E-state index in [4.69, 9.17) is 5.11 Å². The van der Waals surface area contributed by atoms with Crippen LogP contribution in [0.3, 0.4) is 0 Å². The van der Waals surface area contributed by atoms with Crippen LogP contribution in [0, 0.1) is 0 Å². The van der Waals surface area contributed by atoms with Crippen LogP contribution in [0.25, 0.3) is 0 Å². The van der Waals surface area contributed by atoms with Crippen LogP contribution < -0.4 is 0 Å². The average molecular weight is 260 g/mol. The maximum absolute atomic E-state index is 12.4. The predicted octanol–water partition coefficient (Wildman–Crippen LogP) is 2.92. The number of carbonyl (C=O) groups is 1. The standard InChI is InChI=1S/C12H11F3O3/c13-12(14,15)7-1-2-8(9(16)5-7)11(3-4-11)6-10(17)18/h1-2,5,16H,3-4,6H2,(H,17,18). The van der Waals surface area contributed by atoms with Crippen LogP contribution in [0.15, 0.2) is 18.2 Å². The van der Waals surface area contributed by atoms with Gasteiger partial charge in [-0.05, 0) is 25.0 Å². The number of benzene rings is 1. The number of rotatable bonds is 3. The van der Waals surface area contributed by atoms with Gasteiger partial charge >= 0.3 is 12.1 Å². The summed E-state index contributed by atoms with van der Waals surface area (Å²) >= 11 is 0. The molecule has 6 heteroatoms. The quantitative estimate of drug-likeness (QED) is 0.878. The van der Waals surface area contributed by atoms with Crippen LogP contribution in [0.4, 0.5) is 13.2 Å². The number of hydrogen-bond donors (Lipinski definition) is 2. The van der Waals surface area contributed by atoms with Gasteiger partial charge in [0.1, 0.15) is 5.75 Å². The number of carboxylic acids is 1. The number of aliphatic carboxylic acids is 1. The molecule has 1 aliphatic carbocycles. The number of phenolic OH excluding ortho intramolecular Hbond substituents is 1. The molecule has 2 rings (SSSR count). The molecule has 0 aliphatic heterocycles. The fourth-order valence-corrected chi connectivity index (χ4v) is 2.14. The molecule has 0 aromatic heterocycles. The van der Waals surface area contributed by atoms with Gasteiger partial charge in [0.2, 0.25) is 0 Å². The third kappa shape index (κ3) is 2.27. The van der Waals surface area contributed by atoms with Crippen molar-refractivity contribution in [3.63, 3.8) is 0 Å². The van der Waals surface area contributed by atoms with Gasteiger partial charge < -0.3 is 10.2 Å². The third-order valence-electron chi connectivity index (χ3n) is 3.24. The molecule has 18 heavy (non-hydrogen) atoms. The summed E-state index contributed by atoms with van der Waals surface area (Å²) in [5.41, 5.74) is -1.34. The molecule has 0 bridgehead atoms. The molecule has 1 aliphatic rings. The molecular formula is C12H11F3O3. The van der Waals surface area contributed by atoms with Crippen molar-refractivity contribution < 1.29 is 28.2 Å². The molecule has 1 aromatic carbocycles. The summed E-state index contributed by atoms with van der Waals surface area (Å²) in [6.45, 7) is 0. The first-order chi connectivity index (χ1) is 8.24. The molecule has 0 heterocycles. The Balaban J connectivity index is 2.34. The van der Waals surface area contributed by atoms with Crippen molar-refractivity contribution in [2.24, 2.45) is 0 Å². The van der Waals surface area contributed by atoms with Crippen molar-refractivity contribution in [1.29, 1.82) is 0 Å². The normalized spacial score (nSPS) is 17.5.